The van der Waals surface area contributed by atoms with Crippen LogP contribution in [0.4, 0.5) is 5.95 Å². The maximum Gasteiger partial charge on any atom is 0.229 e. The van der Waals surface area contributed by atoms with E-state index in [1.807, 2.05) is 0 Å². The first-order valence-electron chi connectivity index (χ1n) is 6.24. The van der Waals surface area contributed by atoms with E-state index in [9.17, 15) is 10.2 Å². The van der Waals surface area contributed by atoms with Crippen LogP contribution >= 0.6 is 0 Å². The first-order chi connectivity index (χ1) is 10.1. The Bertz CT molecular complexity index is 662. The number of aliphatic hydroxyl groups is 3. The quantitative estimate of drug-likeness (QED) is 0.506. The van der Waals surface area contributed by atoms with E-state index >= 15 is 0 Å². The van der Waals surface area contributed by atoms with Crippen molar-refractivity contribution in [3.8, 4) is 5.88 Å². The van der Waals surface area contributed by atoms with Gasteiger partial charge in [-0.2, -0.15) is 15.1 Å². The van der Waals surface area contributed by atoms with Crippen LogP contribution in [-0.4, -0.2) is 67.1 Å². The number of aliphatic hydroxyl groups excluding tert-OH is 3. The Labute approximate surface area is 118 Å². The van der Waals surface area contributed by atoms with Crippen molar-refractivity contribution in [1.82, 2.24) is 19.7 Å². The van der Waals surface area contributed by atoms with Gasteiger partial charge in [0.2, 0.25) is 11.8 Å². The molecule has 114 valence electrons. The summed E-state index contributed by atoms with van der Waals surface area (Å²) in [4.78, 5) is 7.97. The van der Waals surface area contributed by atoms with Gasteiger partial charge in [0.05, 0.1) is 19.9 Å². The van der Waals surface area contributed by atoms with E-state index in [0.29, 0.717) is 11.0 Å². The summed E-state index contributed by atoms with van der Waals surface area (Å²) >= 11 is 0. The minimum Gasteiger partial charge on any atom is -0.480 e. The fraction of sp³-hybridized carbons (Fsp3) is 0.545. The summed E-state index contributed by atoms with van der Waals surface area (Å²) in [5.41, 5.74) is 5.91. The van der Waals surface area contributed by atoms with E-state index in [1.54, 1.807) is 0 Å². The molecule has 1 fully saturated rings. The summed E-state index contributed by atoms with van der Waals surface area (Å²) < 4.78 is 11.8. The lowest BCUT2D eigenvalue weighted by Crippen LogP contribution is -2.33. The van der Waals surface area contributed by atoms with Crippen LogP contribution in [0.25, 0.3) is 11.0 Å². The first kappa shape index (κ1) is 13.9. The molecular weight excluding hydrogens is 282 g/mol. The van der Waals surface area contributed by atoms with Crippen LogP contribution in [0.15, 0.2) is 6.20 Å². The molecule has 0 saturated carbocycles. The van der Waals surface area contributed by atoms with Crippen LogP contribution in [0.3, 0.4) is 0 Å². The fourth-order valence-electron chi connectivity index (χ4n) is 2.34. The van der Waals surface area contributed by atoms with Crippen molar-refractivity contribution in [2.24, 2.45) is 0 Å². The van der Waals surface area contributed by atoms with E-state index in [0.717, 1.165) is 0 Å². The Morgan fingerprint density at radius 3 is 2.76 bits per heavy atom. The average molecular weight is 297 g/mol. The molecule has 2 aromatic rings. The smallest absolute Gasteiger partial charge is 0.229 e. The van der Waals surface area contributed by atoms with Crippen LogP contribution in [-0.2, 0) is 4.74 Å². The SMILES string of the molecule is COc1nc(N)nc2c1cnn2C1OC(CO)C(O)C1O. The van der Waals surface area contributed by atoms with E-state index in [2.05, 4.69) is 15.1 Å². The molecule has 2 aromatic heterocycles. The highest BCUT2D eigenvalue weighted by atomic mass is 16.6. The molecule has 0 spiro atoms. The van der Waals surface area contributed by atoms with Gasteiger partial charge in [-0.3, -0.25) is 0 Å². The number of rotatable bonds is 3. The molecule has 4 unspecified atom stereocenters. The Morgan fingerprint density at radius 1 is 1.38 bits per heavy atom. The van der Waals surface area contributed by atoms with Gasteiger partial charge in [-0.1, -0.05) is 0 Å². The third-order valence-corrected chi connectivity index (χ3v) is 3.39. The van der Waals surface area contributed by atoms with Crippen LogP contribution in [0.2, 0.25) is 0 Å². The number of ether oxygens (including phenoxy) is 2. The van der Waals surface area contributed by atoms with Gasteiger partial charge in [0, 0.05) is 0 Å². The lowest BCUT2D eigenvalue weighted by molar-refractivity contribution is -0.0566. The van der Waals surface area contributed by atoms with Gasteiger partial charge in [-0.05, 0) is 0 Å². The minimum atomic E-state index is -1.26. The zero-order valence-corrected chi connectivity index (χ0v) is 11.1. The van der Waals surface area contributed by atoms with E-state index in [-0.39, 0.29) is 11.8 Å². The molecule has 10 heteroatoms. The molecule has 21 heavy (non-hydrogen) atoms. The molecule has 1 aliphatic heterocycles. The zero-order chi connectivity index (χ0) is 15.1. The number of hydrogen-bond acceptors (Lipinski definition) is 9. The monoisotopic (exact) mass is 297 g/mol. The Kier molecular flexibility index (Phi) is 3.37. The van der Waals surface area contributed by atoms with Crippen LogP contribution in [0, 0.1) is 0 Å². The van der Waals surface area contributed by atoms with Gasteiger partial charge in [-0.15, -0.1) is 0 Å². The van der Waals surface area contributed by atoms with Crippen molar-refractivity contribution in [2.45, 2.75) is 24.5 Å². The van der Waals surface area contributed by atoms with Gasteiger partial charge in [0.15, 0.2) is 11.9 Å². The summed E-state index contributed by atoms with van der Waals surface area (Å²) in [5.74, 6) is 0.225. The maximum absolute atomic E-state index is 10.0. The Hall–Kier alpha value is -2.01. The molecule has 10 nitrogen and oxygen atoms in total. The largest absolute Gasteiger partial charge is 0.480 e. The second-order valence-corrected chi connectivity index (χ2v) is 4.65. The summed E-state index contributed by atoms with van der Waals surface area (Å²) in [6.07, 6.45) is -2.92. The van der Waals surface area contributed by atoms with Crippen molar-refractivity contribution in [1.29, 1.82) is 0 Å². The number of anilines is 1. The summed E-state index contributed by atoms with van der Waals surface area (Å²) in [6.45, 7) is -0.422. The van der Waals surface area contributed by atoms with Gasteiger partial charge >= 0.3 is 0 Å². The Morgan fingerprint density at radius 2 is 2.14 bits per heavy atom. The predicted octanol–water partition coefficient (Wildman–Crippen LogP) is -1.97. The van der Waals surface area contributed by atoms with Crippen molar-refractivity contribution >= 4 is 17.0 Å². The number of fused-ring (bicyclic) bond motifs is 1. The number of nitrogens with two attached hydrogens (primary N) is 1. The number of nitrogen functional groups attached to an aromatic ring is 1. The van der Waals surface area contributed by atoms with Gasteiger partial charge in [-0.25, -0.2) is 4.68 Å². The van der Waals surface area contributed by atoms with Gasteiger partial charge in [0.1, 0.15) is 23.7 Å². The number of aromatic nitrogens is 4. The molecule has 3 rings (SSSR count). The van der Waals surface area contributed by atoms with E-state index < -0.39 is 31.1 Å². The molecule has 1 saturated heterocycles. The zero-order valence-electron chi connectivity index (χ0n) is 11.1. The molecule has 0 aliphatic carbocycles. The third kappa shape index (κ3) is 2.08. The topological polar surface area (TPSA) is 149 Å². The molecule has 1 aliphatic rings. The molecule has 5 N–H and O–H groups in total. The van der Waals surface area contributed by atoms with E-state index in [4.69, 9.17) is 20.3 Å². The fourth-order valence-corrected chi connectivity index (χ4v) is 2.34. The first-order valence-corrected chi connectivity index (χ1v) is 6.24. The molecule has 0 amide bonds. The second-order valence-electron chi connectivity index (χ2n) is 4.65. The van der Waals surface area contributed by atoms with E-state index in [1.165, 1.54) is 18.0 Å². The van der Waals surface area contributed by atoms with Crippen molar-refractivity contribution in [3.05, 3.63) is 6.20 Å². The van der Waals surface area contributed by atoms with Crippen LogP contribution in [0.1, 0.15) is 6.23 Å². The normalized spacial score (nSPS) is 29.1. The van der Waals surface area contributed by atoms with Crippen molar-refractivity contribution in [3.63, 3.8) is 0 Å². The number of hydrogen-bond donors (Lipinski definition) is 4. The predicted molar refractivity (Wildman–Crippen MR) is 69.3 cm³/mol. The van der Waals surface area contributed by atoms with Crippen molar-refractivity contribution in [2.75, 3.05) is 19.5 Å². The molecule has 0 radical (unpaired) electrons. The van der Waals surface area contributed by atoms with Crippen LogP contribution in [0.5, 0.6) is 5.88 Å². The summed E-state index contributed by atoms with van der Waals surface area (Å²) in [7, 11) is 1.44. The number of nitrogens with zero attached hydrogens (tertiary/aromatic N) is 4. The third-order valence-electron chi connectivity index (χ3n) is 3.39. The molecule has 4 atom stereocenters. The molecule has 3 heterocycles. The van der Waals surface area contributed by atoms with Crippen molar-refractivity contribution < 1.29 is 24.8 Å². The number of methoxy groups -OCH3 is 1. The highest BCUT2D eigenvalue weighted by Crippen LogP contribution is 2.32. The molecular formula is C11H15N5O5. The maximum atomic E-state index is 10.0. The summed E-state index contributed by atoms with van der Waals surface area (Å²) in [6, 6.07) is 0. The highest BCUT2D eigenvalue weighted by Gasteiger charge is 2.44. The van der Waals surface area contributed by atoms with Gasteiger partial charge in [0.25, 0.3) is 0 Å². The molecule has 0 aromatic carbocycles. The average Bonchev–Trinajstić information content (AvgIpc) is 3.01. The highest BCUT2D eigenvalue weighted by molar-refractivity contribution is 5.81. The lowest BCUT2D eigenvalue weighted by atomic mass is 10.1. The summed E-state index contributed by atoms with van der Waals surface area (Å²) in [5, 5.41) is 33.5. The lowest BCUT2D eigenvalue weighted by Gasteiger charge is -2.15. The van der Waals surface area contributed by atoms with Crippen LogP contribution < -0.4 is 10.5 Å². The minimum absolute atomic E-state index is 0.0205. The molecule has 0 bridgehead atoms. The Balaban J connectivity index is 2.07. The van der Waals surface area contributed by atoms with Gasteiger partial charge < -0.3 is 30.5 Å². The standard InChI is InChI=1S/C11H15N5O5/c1-20-9-4-2-13-16(8(4)14-11(12)15-9)10-7(19)6(18)5(3-17)21-10/h2,5-7,10,17-19H,3H2,1H3,(H2,12,14,15). The second kappa shape index (κ2) is 5.07.